The number of rotatable bonds is 3. The van der Waals surface area contributed by atoms with Crippen LogP contribution in [0.25, 0.3) is 11.1 Å². The largest absolute Gasteiger partial charge is 0.420 e. The Morgan fingerprint density at radius 3 is 2.60 bits per heavy atom. The highest BCUT2D eigenvalue weighted by molar-refractivity contribution is 6.31. The maximum atomic E-state index is 12.3. The zero-order valence-electron chi connectivity index (χ0n) is 14.1. The number of hydrogen-bond donors (Lipinski definition) is 0. The van der Waals surface area contributed by atoms with E-state index in [4.69, 9.17) is 16.0 Å². The van der Waals surface area contributed by atoms with Crippen molar-refractivity contribution in [3.63, 3.8) is 0 Å². The van der Waals surface area contributed by atoms with E-state index < -0.39 is 0 Å². The van der Waals surface area contributed by atoms with Crippen LogP contribution in [0, 0.1) is 0 Å². The fourth-order valence-electron chi connectivity index (χ4n) is 3.95. The Hall–Kier alpha value is -1.79. The number of likely N-dealkylation sites (tertiary alicyclic amines) is 2. The van der Waals surface area contributed by atoms with Crippen LogP contribution in [0.2, 0.25) is 5.02 Å². The number of fused-ring (bicyclic) bond motifs is 1. The van der Waals surface area contributed by atoms with E-state index in [-0.39, 0.29) is 17.7 Å². The summed E-state index contributed by atoms with van der Waals surface area (Å²) in [6.45, 7) is 3.90. The van der Waals surface area contributed by atoms with Gasteiger partial charge in [0.1, 0.15) is 0 Å². The summed E-state index contributed by atoms with van der Waals surface area (Å²) < 4.78 is 7.06. The summed E-state index contributed by atoms with van der Waals surface area (Å²) in [6.07, 6.45) is 3.89. The molecular weight excluding hydrogens is 342 g/mol. The second-order valence-corrected chi connectivity index (χ2v) is 7.38. The van der Waals surface area contributed by atoms with Crippen LogP contribution in [-0.4, -0.2) is 53.0 Å². The summed E-state index contributed by atoms with van der Waals surface area (Å²) in [6, 6.07) is 5.33. The number of carbonyl (C=O) groups excluding carboxylic acids is 1. The van der Waals surface area contributed by atoms with Gasteiger partial charge in [-0.25, -0.2) is 4.79 Å². The highest BCUT2D eigenvalue weighted by Gasteiger charge is 2.27. The molecule has 2 aliphatic heterocycles. The minimum absolute atomic E-state index is 0.0883. The summed E-state index contributed by atoms with van der Waals surface area (Å²) in [5.74, 6) is -0.0995. The molecule has 2 saturated heterocycles. The standard InChI is InChI=1S/C18H22ClN3O3/c19-13-3-4-16-15(11-13)22(18(24)25-16)14-5-9-20(10-6-14)12-17(23)21-7-1-2-8-21/h3-4,11,14H,1-2,5-10,12H2. The van der Waals surface area contributed by atoms with Gasteiger partial charge in [0.15, 0.2) is 5.58 Å². The van der Waals surface area contributed by atoms with Crippen molar-refractivity contribution in [1.29, 1.82) is 0 Å². The Morgan fingerprint density at radius 1 is 1.16 bits per heavy atom. The third-order valence-electron chi connectivity index (χ3n) is 5.31. The predicted octanol–water partition coefficient (Wildman–Crippen LogP) is 2.51. The number of halogens is 1. The Bertz CT molecular complexity index is 830. The zero-order valence-corrected chi connectivity index (χ0v) is 14.9. The molecule has 0 radical (unpaired) electrons. The van der Waals surface area contributed by atoms with E-state index in [0.717, 1.165) is 57.4 Å². The van der Waals surface area contributed by atoms with E-state index in [1.54, 1.807) is 22.8 Å². The molecule has 1 aromatic heterocycles. The molecule has 6 nitrogen and oxygen atoms in total. The van der Waals surface area contributed by atoms with Gasteiger partial charge >= 0.3 is 5.76 Å². The van der Waals surface area contributed by atoms with E-state index >= 15 is 0 Å². The van der Waals surface area contributed by atoms with Crippen LogP contribution in [0.3, 0.4) is 0 Å². The van der Waals surface area contributed by atoms with Gasteiger partial charge < -0.3 is 9.32 Å². The lowest BCUT2D eigenvalue weighted by Crippen LogP contribution is -2.43. The average molecular weight is 364 g/mol. The van der Waals surface area contributed by atoms with Gasteiger partial charge in [-0.15, -0.1) is 0 Å². The minimum atomic E-state index is -0.330. The average Bonchev–Trinajstić information content (AvgIpc) is 3.23. The first-order chi connectivity index (χ1) is 12.1. The molecule has 0 bridgehead atoms. The lowest BCUT2D eigenvalue weighted by Gasteiger charge is -2.32. The van der Waals surface area contributed by atoms with Crippen molar-refractivity contribution in [3.05, 3.63) is 33.8 Å². The number of carbonyl (C=O) groups is 1. The number of aromatic nitrogens is 1. The summed E-state index contributed by atoms with van der Waals surface area (Å²) in [5.41, 5.74) is 1.32. The molecule has 2 aliphatic rings. The third kappa shape index (κ3) is 3.33. The van der Waals surface area contributed by atoms with E-state index in [2.05, 4.69) is 4.90 Å². The highest BCUT2D eigenvalue weighted by atomic mass is 35.5. The summed E-state index contributed by atoms with van der Waals surface area (Å²) in [4.78, 5) is 28.7. The van der Waals surface area contributed by atoms with Crippen LogP contribution in [0.15, 0.2) is 27.4 Å². The lowest BCUT2D eigenvalue weighted by atomic mass is 10.0. The van der Waals surface area contributed by atoms with E-state index in [1.165, 1.54) is 0 Å². The molecule has 2 aromatic rings. The number of oxazole rings is 1. The molecule has 0 N–H and O–H groups in total. The fourth-order valence-corrected chi connectivity index (χ4v) is 4.11. The molecule has 2 fully saturated rings. The van der Waals surface area contributed by atoms with Crippen LogP contribution >= 0.6 is 11.6 Å². The van der Waals surface area contributed by atoms with Crippen molar-refractivity contribution in [1.82, 2.24) is 14.4 Å². The van der Waals surface area contributed by atoms with Gasteiger partial charge in [-0.1, -0.05) is 11.6 Å². The first kappa shape index (κ1) is 16.7. The van der Waals surface area contributed by atoms with Gasteiger partial charge in [0.05, 0.1) is 12.1 Å². The van der Waals surface area contributed by atoms with Gasteiger partial charge in [-0.2, -0.15) is 0 Å². The Labute approximate surface area is 150 Å². The maximum Gasteiger partial charge on any atom is 0.420 e. The molecule has 7 heteroatoms. The molecule has 0 unspecified atom stereocenters. The molecular formula is C18H22ClN3O3. The number of amides is 1. The number of benzene rings is 1. The quantitative estimate of drug-likeness (QED) is 0.840. The summed E-state index contributed by atoms with van der Waals surface area (Å²) in [7, 11) is 0. The molecule has 134 valence electrons. The molecule has 25 heavy (non-hydrogen) atoms. The zero-order chi connectivity index (χ0) is 17.4. The molecule has 0 atom stereocenters. The maximum absolute atomic E-state index is 12.3. The van der Waals surface area contributed by atoms with E-state index in [9.17, 15) is 9.59 Å². The number of nitrogens with zero attached hydrogens (tertiary/aromatic N) is 3. The van der Waals surface area contributed by atoms with Crippen LogP contribution < -0.4 is 5.76 Å². The van der Waals surface area contributed by atoms with Crippen LogP contribution in [-0.2, 0) is 4.79 Å². The summed E-state index contributed by atoms with van der Waals surface area (Å²) in [5, 5.41) is 0.593. The molecule has 3 heterocycles. The van der Waals surface area contributed by atoms with Gasteiger partial charge in [0.25, 0.3) is 0 Å². The third-order valence-corrected chi connectivity index (χ3v) is 5.55. The van der Waals surface area contributed by atoms with Crippen LogP contribution in [0.1, 0.15) is 31.7 Å². The van der Waals surface area contributed by atoms with Gasteiger partial charge in [-0.05, 0) is 43.9 Å². The van der Waals surface area contributed by atoms with Crippen LogP contribution in [0.4, 0.5) is 0 Å². The van der Waals surface area contributed by atoms with Gasteiger partial charge in [0, 0.05) is 37.2 Å². The predicted molar refractivity (Wildman–Crippen MR) is 96.0 cm³/mol. The first-order valence-corrected chi connectivity index (χ1v) is 9.30. The van der Waals surface area contributed by atoms with Crippen molar-refractivity contribution in [2.45, 2.75) is 31.7 Å². The normalized spacial score (nSPS) is 19.8. The fraction of sp³-hybridized carbons (Fsp3) is 0.556. The molecule has 0 saturated carbocycles. The van der Waals surface area contributed by atoms with Crippen molar-refractivity contribution in [2.75, 3.05) is 32.7 Å². The van der Waals surface area contributed by atoms with Crippen molar-refractivity contribution < 1.29 is 9.21 Å². The smallest absolute Gasteiger partial charge is 0.408 e. The second kappa shape index (κ2) is 6.84. The molecule has 0 spiro atoms. The van der Waals surface area contributed by atoms with Crippen molar-refractivity contribution in [2.24, 2.45) is 0 Å². The SMILES string of the molecule is O=C(CN1CCC(n2c(=O)oc3ccc(Cl)cc32)CC1)N1CCCC1. The molecule has 1 amide bonds. The molecule has 1 aromatic carbocycles. The van der Waals surface area contributed by atoms with Gasteiger partial charge in [-0.3, -0.25) is 14.3 Å². The van der Waals surface area contributed by atoms with Crippen molar-refractivity contribution >= 4 is 28.6 Å². The van der Waals surface area contributed by atoms with Gasteiger partial charge in [0.2, 0.25) is 5.91 Å². The van der Waals surface area contributed by atoms with Crippen LogP contribution in [0.5, 0.6) is 0 Å². The first-order valence-electron chi connectivity index (χ1n) is 8.92. The second-order valence-electron chi connectivity index (χ2n) is 6.95. The Morgan fingerprint density at radius 2 is 1.88 bits per heavy atom. The number of hydrogen-bond acceptors (Lipinski definition) is 4. The molecule has 4 rings (SSSR count). The highest BCUT2D eigenvalue weighted by Crippen LogP contribution is 2.27. The summed E-state index contributed by atoms with van der Waals surface area (Å²) >= 11 is 6.07. The van der Waals surface area contributed by atoms with E-state index in [1.807, 2.05) is 4.90 Å². The van der Waals surface area contributed by atoms with Crippen molar-refractivity contribution in [3.8, 4) is 0 Å². The Balaban J connectivity index is 1.43. The lowest BCUT2D eigenvalue weighted by molar-refractivity contribution is -0.131. The topological polar surface area (TPSA) is 58.7 Å². The monoisotopic (exact) mass is 363 g/mol. The van der Waals surface area contributed by atoms with E-state index in [0.29, 0.717) is 17.2 Å². The Kier molecular flexibility index (Phi) is 4.56. The number of piperidine rings is 1. The molecule has 0 aliphatic carbocycles. The minimum Gasteiger partial charge on any atom is -0.408 e.